The minimum Gasteiger partial charge on any atom is -0.387 e. The fourth-order valence-electron chi connectivity index (χ4n) is 4.97. The summed E-state index contributed by atoms with van der Waals surface area (Å²) in [6.45, 7) is 2.30. The molecule has 0 amide bonds. The normalized spacial score (nSPS) is 19.0. The molecule has 0 saturated heterocycles. The zero-order valence-electron chi connectivity index (χ0n) is 20.9. The molecule has 2 heterocycles. The lowest BCUT2D eigenvalue weighted by atomic mass is 9.76. The maximum absolute atomic E-state index is 13.8. The van der Waals surface area contributed by atoms with E-state index in [-0.39, 0.29) is 16.6 Å². The van der Waals surface area contributed by atoms with Crippen LogP contribution in [0, 0.1) is 17.6 Å². The van der Waals surface area contributed by atoms with Crippen LogP contribution < -0.4 is 16.4 Å². The van der Waals surface area contributed by atoms with Crippen LogP contribution in [0.25, 0.3) is 10.9 Å². The Labute approximate surface area is 215 Å². The van der Waals surface area contributed by atoms with E-state index in [1.807, 2.05) is 19.4 Å². The lowest BCUT2D eigenvalue weighted by Gasteiger charge is -2.32. The summed E-state index contributed by atoms with van der Waals surface area (Å²) >= 11 is 0. The molecule has 1 fully saturated rings. The first kappa shape index (κ1) is 26.2. The van der Waals surface area contributed by atoms with Gasteiger partial charge in [0.15, 0.2) is 6.29 Å². The predicted molar refractivity (Wildman–Crippen MR) is 144 cm³/mol. The minimum atomic E-state index is -0.486. The number of anilines is 3. The number of pyridine rings is 2. The van der Waals surface area contributed by atoms with Gasteiger partial charge in [0, 0.05) is 30.2 Å². The SMILES string of the molecule is CNc1cnccc1C1CC(C)CC(N)C1.O=Cc1ccc(F)c2cc(Nc3ccccc3F)cnc12. The monoisotopic (exact) mass is 503 g/mol. The molecule has 1 aliphatic carbocycles. The number of carbonyl (C=O) groups excluding carboxylic acids is 1. The zero-order valence-corrected chi connectivity index (χ0v) is 20.9. The summed E-state index contributed by atoms with van der Waals surface area (Å²) in [5, 5.41) is 6.26. The van der Waals surface area contributed by atoms with Crippen molar-refractivity contribution in [1.82, 2.24) is 9.97 Å². The van der Waals surface area contributed by atoms with E-state index in [1.165, 1.54) is 42.4 Å². The Balaban J connectivity index is 0.000000180. The quantitative estimate of drug-likeness (QED) is 0.272. The number of rotatable bonds is 5. The highest BCUT2D eigenvalue weighted by Gasteiger charge is 2.26. The van der Waals surface area contributed by atoms with Crippen molar-refractivity contribution in [3.8, 4) is 0 Å². The summed E-state index contributed by atoms with van der Waals surface area (Å²) in [6, 6.07) is 12.7. The summed E-state index contributed by atoms with van der Waals surface area (Å²) in [6.07, 6.45) is 9.34. The second-order valence-corrected chi connectivity index (χ2v) is 9.46. The highest BCUT2D eigenvalue weighted by atomic mass is 19.1. The molecular weight excluding hydrogens is 472 g/mol. The lowest BCUT2D eigenvalue weighted by Crippen LogP contribution is -2.31. The van der Waals surface area contributed by atoms with Gasteiger partial charge >= 0.3 is 0 Å². The maximum Gasteiger partial charge on any atom is 0.152 e. The Bertz CT molecular complexity index is 1370. The first-order chi connectivity index (χ1) is 17.9. The molecule has 6 nitrogen and oxygen atoms in total. The molecule has 0 radical (unpaired) electrons. The van der Waals surface area contributed by atoms with Crippen molar-refractivity contribution in [1.29, 1.82) is 0 Å². The van der Waals surface area contributed by atoms with Crippen LogP contribution in [0.3, 0.4) is 0 Å². The number of nitrogens with zero attached hydrogens (tertiary/aromatic N) is 2. The average Bonchev–Trinajstić information content (AvgIpc) is 2.90. The summed E-state index contributed by atoms with van der Waals surface area (Å²) in [5.41, 5.74) is 9.93. The molecule has 0 aliphatic heterocycles. The van der Waals surface area contributed by atoms with Crippen molar-refractivity contribution in [2.24, 2.45) is 11.7 Å². The van der Waals surface area contributed by atoms with Gasteiger partial charge in [0.25, 0.3) is 0 Å². The number of hydrogen-bond acceptors (Lipinski definition) is 6. The number of carbonyl (C=O) groups is 1. The molecule has 1 aliphatic rings. The number of halogens is 2. The lowest BCUT2D eigenvalue weighted by molar-refractivity contribution is 0.112. The largest absolute Gasteiger partial charge is 0.387 e. The first-order valence-corrected chi connectivity index (χ1v) is 12.3. The van der Waals surface area contributed by atoms with Crippen molar-refractivity contribution in [3.05, 3.63) is 89.9 Å². The van der Waals surface area contributed by atoms with Crippen molar-refractivity contribution < 1.29 is 13.6 Å². The third kappa shape index (κ3) is 6.27. The molecule has 1 saturated carbocycles. The van der Waals surface area contributed by atoms with E-state index in [0.717, 1.165) is 24.4 Å². The van der Waals surface area contributed by atoms with Gasteiger partial charge in [-0.25, -0.2) is 8.78 Å². The number of nitrogens with one attached hydrogen (secondary N) is 2. The predicted octanol–water partition coefficient (Wildman–Crippen LogP) is 6.42. The van der Waals surface area contributed by atoms with Crippen molar-refractivity contribution in [3.63, 3.8) is 0 Å². The van der Waals surface area contributed by atoms with Gasteiger partial charge in [0.05, 0.1) is 35.0 Å². The van der Waals surface area contributed by atoms with E-state index in [4.69, 9.17) is 5.73 Å². The van der Waals surface area contributed by atoms with Crippen molar-refractivity contribution >= 4 is 34.3 Å². The Hall–Kier alpha value is -3.91. The standard InChI is InChI=1S/C16H10F2N2O.C13H21N3/c17-13-6-5-10(9-21)16-12(13)7-11(8-19-16)20-15-4-2-1-3-14(15)18;1-9-5-10(7-11(14)6-9)12-3-4-16-8-13(12)15-2/h1-9,20H;3-4,8-11,15H,5-7,14H2,1-2H3. The van der Waals surface area contributed by atoms with Crippen molar-refractivity contribution in [2.75, 3.05) is 17.7 Å². The van der Waals surface area contributed by atoms with Gasteiger partial charge in [-0.1, -0.05) is 19.1 Å². The molecule has 3 unspecified atom stereocenters. The molecule has 192 valence electrons. The Morgan fingerprint density at radius 2 is 1.81 bits per heavy atom. The highest BCUT2D eigenvalue weighted by Crippen LogP contribution is 2.38. The number of aromatic nitrogens is 2. The molecule has 8 heteroatoms. The summed E-state index contributed by atoms with van der Waals surface area (Å²) in [5.74, 6) is 0.413. The maximum atomic E-state index is 13.8. The van der Waals surface area contributed by atoms with E-state index < -0.39 is 11.6 Å². The second-order valence-electron chi connectivity index (χ2n) is 9.46. The molecule has 37 heavy (non-hydrogen) atoms. The average molecular weight is 504 g/mol. The number of hydrogen-bond donors (Lipinski definition) is 3. The summed E-state index contributed by atoms with van der Waals surface area (Å²) in [7, 11) is 1.95. The third-order valence-electron chi connectivity index (χ3n) is 6.65. The van der Waals surface area contributed by atoms with Crippen molar-refractivity contribution in [2.45, 2.75) is 38.1 Å². The van der Waals surface area contributed by atoms with Gasteiger partial charge in [-0.15, -0.1) is 0 Å². The Morgan fingerprint density at radius 1 is 1.00 bits per heavy atom. The number of nitrogens with two attached hydrogens (primary N) is 1. The Morgan fingerprint density at radius 3 is 2.54 bits per heavy atom. The van der Waals surface area contributed by atoms with Crippen LogP contribution in [-0.2, 0) is 0 Å². The molecule has 3 atom stereocenters. The third-order valence-corrected chi connectivity index (χ3v) is 6.65. The van der Waals surface area contributed by atoms with E-state index >= 15 is 0 Å². The van der Waals surface area contributed by atoms with Gasteiger partial charge in [0.1, 0.15) is 11.6 Å². The fourth-order valence-corrected chi connectivity index (χ4v) is 4.97. The number of para-hydroxylation sites is 1. The molecule has 4 N–H and O–H groups in total. The van der Waals surface area contributed by atoms with Crippen LogP contribution in [-0.4, -0.2) is 29.3 Å². The number of fused-ring (bicyclic) bond motifs is 1. The van der Waals surface area contributed by atoms with Crippen LogP contribution in [0.5, 0.6) is 0 Å². The first-order valence-electron chi connectivity index (χ1n) is 12.3. The number of benzene rings is 2. The van der Waals surface area contributed by atoms with Gasteiger partial charge in [0.2, 0.25) is 0 Å². The Kier molecular flexibility index (Phi) is 8.40. The summed E-state index contributed by atoms with van der Waals surface area (Å²) < 4.78 is 27.4. The van der Waals surface area contributed by atoms with Crippen LogP contribution >= 0.6 is 0 Å². The van der Waals surface area contributed by atoms with Gasteiger partial charge in [-0.05, 0) is 73.1 Å². The van der Waals surface area contributed by atoms with Gasteiger partial charge in [-0.2, -0.15) is 0 Å². The molecule has 0 bridgehead atoms. The van der Waals surface area contributed by atoms with Crippen LogP contribution in [0.1, 0.15) is 48.0 Å². The molecular formula is C29H31F2N5O. The van der Waals surface area contributed by atoms with Crippen LogP contribution in [0.15, 0.2) is 67.1 Å². The molecule has 2 aromatic heterocycles. The van der Waals surface area contributed by atoms with Crippen LogP contribution in [0.2, 0.25) is 0 Å². The minimum absolute atomic E-state index is 0.209. The zero-order chi connectivity index (χ0) is 26.4. The molecule has 2 aromatic carbocycles. The fraction of sp³-hybridized carbons (Fsp3) is 0.276. The van der Waals surface area contributed by atoms with E-state index in [2.05, 4.69) is 33.6 Å². The van der Waals surface area contributed by atoms with Gasteiger partial charge < -0.3 is 16.4 Å². The smallest absolute Gasteiger partial charge is 0.152 e. The van der Waals surface area contributed by atoms with E-state index in [1.54, 1.807) is 18.2 Å². The molecule has 0 spiro atoms. The highest BCUT2D eigenvalue weighted by molar-refractivity contribution is 5.96. The topological polar surface area (TPSA) is 92.9 Å². The second kappa shape index (κ2) is 11.9. The molecule has 5 rings (SSSR count). The van der Waals surface area contributed by atoms with Crippen LogP contribution in [0.4, 0.5) is 25.8 Å². The number of aldehydes is 1. The van der Waals surface area contributed by atoms with E-state index in [0.29, 0.717) is 29.5 Å². The van der Waals surface area contributed by atoms with E-state index in [9.17, 15) is 13.6 Å². The molecule has 4 aromatic rings. The van der Waals surface area contributed by atoms with Gasteiger partial charge in [-0.3, -0.25) is 14.8 Å². The summed E-state index contributed by atoms with van der Waals surface area (Å²) in [4.78, 5) is 19.2.